The lowest BCUT2D eigenvalue weighted by Gasteiger charge is -2.22. The standard InChI is InChI=1S/C17H23NS/c1-5-16(17-7-6-10-19-17)18-14(4)15-9-8-12(2)13(3)11-15/h6-11,14,16,18H,5H2,1-4H3. The summed E-state index contributed by atoms with van der Waals surface area (Å²) < 4.78 is 0. The van der Waals surface area contributed by atoms with E-state index < -0.39 is 0 Å². The van der Waals surface area contributed by atoms with E-state index in [1.54, 1.807) is 0 Å². The van der Waals surface area contributed by atoms with Crippen molar-refractivity contribution in [3.63, 3.8) is 0 Å². The first kappa shape index (κ1) is 14.3. The van der Waals surface area contributed by atoms with Crippen molar-refractivity contribution in [1.29, 1.82) is 0 Å². The molecular weight excluding hydrogens is 250 g/mol. The minimum atomic E-state index is 0.381. The van der Waals surface area contributed by atoms with Crippen LogP contribution in [-0.2, 0) is 0 Å². The molecule has 1 nitrogen and oxygen atoms in total. The van der Waals surface area contributed by atoms with Gasteiger partial charge in [-0.1, -0.05) is 31.2 Å². The van der Waals surface area contributed by atoms with Gasteiger partial charge < -0.3 is 5.32 Å². The van der Waals surface area contributed by atoms with Gasteiger partial charge in [-0.3, -0.25) is 0 Å². The molecule has 0 aliphatic heterocycles. The van der Waals surface area contributed by atoms with Gasteiger partial charge in [0.25, 0.3) is 0 Å². The maximum Gasteiger partial charge on any atom is 0.0416 e. The van der Waals surface area contributed by atoms with Crippen LogP contribution in [-0.4, -0.2) is 0 Å². The predicted molar refractivity (Wildman–Crippen MR) is 84.8 cm³/mol. The molecule has 2 rings (SSSR count). The SMILES string of the molecule is CCC(NC(C)c1ccc(C)c(C)c1)c1cccs1. The van der Waals surface area contributed by atoms with Gasteiger partial charge in [0.1, 0.15) is 0 Å². The van der Waals surface area contributed by atoms with Crippen molar-refractivity contribution < 1.29 is 0 Å². The van der Waals surface area contributed by atoms with Crippen molar-refractivity contribution >= 4 is 11.3 Å². The zero-order valence-electron chi connectivity index (χ0n) is 12.2. The third-order valence-corrected chi connectivity index (χ3v) is 4.76. The lowest BCUT2D eigenvalue weighted by molar-refractivity contribution is 0.462. The first-order chi connectivity index (χ1) is 9.11. The number of nitrogens with one attached hydrogen (secondary N) is 1. The highest BCUT2D eigenvalue weighted by molar-refractivity contribution is 7.10. The van der Waals surface area contributed by atoms with Crippen LogP contribution in [0.3, 0.4) is 0 Å². The van der Waals surface area contributed by atoms with Crippen LogP contribution in [0.25, 0.3) is 0 Å². The Labute approximate surface area is 120 Å². The molecule has 2 unspecified atom stereocenters. The summed E-state index contributed by atoms with van der Waals surface area (Å²) in [4.78, 5) is 1.43. The van der Waals surface area contributed by atoms with Crippen molar-refractivity contribution in [3.8, 4) is 0 Å². The quantitative estimate of drug-likeness (QED) is 0.792. The second-order valence-corrected chi connectivity index (χ2v) is 6.19. The maximum absolute atomic E-state index is 3.74. The molecule has 0 saturated heterocycles. The van der Waals surface area contributed by atoms with E-state index in [9.17, 15) is 0 Å². The van der Waals surface area contributed by atoms with Crippen molar-refractivity contribution in [2.75, 3.05) is 0 Å². The van der Waals surface area contributed by atoms with Crippen molar-refractivity contribution in [3.05, 3.63) is 57.3 Å². The molecule has 1 N–H and O–H groups in total. The highest BCUT2D eigenvalue weighted by Gasteiger charge is 2.14. The minimum Gasteiger partial charge on any atom is -0.303 e. The molecule has 2 aromatic rings. The van der Waals surface area contributed by atoms with Crippen LogP contribution in [0.15, 0.2) is 35.7 Å². The van der Waals surface area contributed by atoms with Crippen LogP contribution in [0.5, 0.6) is 0 Å². The Morgan fingerprint density at radius 1 is 1.16 bits per heavy atom. The zero-order valence-corrected chi connectivity index (χ0v) is 13.1. The Bertz CT molecular complexity index is 516. The molecule has 0 amide bonds. The topological polar surface area (TPSA) is 12.0 Å². The molecule has 19 heavy (non-hydrogen) atoms. The fourth-order valence-corrected chi connectivity index (χ4v) is 3.19. The van der Waals surface area contributed by atoms with E-state index in [4.69, 9.17) is 0 Å². The lowest BCUT2D eigenvalue weighted by Crippen LogP contribution is -2.23. The van der Waals surface area contributed by atoms with Gasteiger partial charge >= 0.3 is 0 Å². The number of hydrogen-bond acceptors (Lipinski definition) is 2. The van der Waals surface area contributed by atoms with E-state index in [1.807, 2.05) is 11.3 Å². The molecule has 0 saturated carbocycles. The Hall–Kier alpha value is -1.12. The number of thiophene rings is 1. The van der Waals surface area contributed by atoms with E-state index in [0.717, 1.165) is 6.42 Å². The number of hydrogen-bond donors (Lipinski definition) is 1. The summed E-state index contributed by atoms with van der Waals surface area (Å²) in [6.45, 7) is 8.84. The molecule has 0 radical (unpaired) electrons. The molecule has 0 aliphatic carbocycles. The monoisotopic (exact) mass is 273 g/mol. The molecule has 0 spiro atoms. The summed E-state index contributed by atoms with van der Waals surface area (Å²) in [5.41, 5.74) is 4.11. The molecular formula is C17H23NS. The van der Waals surface area contributed by atoms with Crippen LogP contribution < -0.4 is 5.32 Å². The largest absolute Gasteiger partial charge is 0.303 e. The second kappa shape index (κ2) is 6.36. The summed E-state index contributed by atoms with van der Waals surface area (Å²) >= 11 is 1.84. The van der Waals surface area contributed by atoms with Crippen LogP contribution in [0, 0.1) is 13.8 Å². The van der Waals surface area contributed by atoms with Crippen molar-refractivity contribution in [1.82, 2.24) is 5.32 Å². The smallest absolute Gasteiger partial charge is 0.0416 e. The van der Waals surface area contributed by atoms with Gasteiger partial charge in [-0.2, -0.15) is 0 Å². The second-order valence-electron chi connectivity index (χ2n) is 5.21. The molecule has 0 fully saturated rings. The first-order valence-corrected chi connectivity index (χ1v) is 7.86. The molecule has 1 heterocycles. The fourth-order valence-electron chi connectivity index (χ4n) is 2.32. The molecule has 0 bridgehead atoms. The van der Waals surface area contributed by atoms with E-state index in [0.29, 0.717) is 12.1 Å². The minimum absolute atomic E-state index is 0.381. The van der Waals surface area contributed by atoms with Gasteiger partial charge in [0.05, 0.1) is 0 Å². The fraction of sp³-hybridized carbons (Fsp3) is 0.412. The van der Waals surface area contributed by atoms with Crippen molar-refractivity contribution in [2.45, 2.75) is 46.2 Å². The van der Waals surface area contributed by atoms with Gasteiger partial charge in [-0.25, -0.2) is 0 Å². The molecule has 102 valence electrons. The molecule has 1 aromatic heterocycles. The normalized spacial score (nSPS) is 14.3. The first-order valence-electron chi connectivity index (χ1n) is 6.98. The van der Waals surface area contributed by atoms with Gasteiger partial charge in [0.2, 0.25) is 0 Å². The third kappa shape index (κ3) is 3.46. The highest BCUT2D eigenvalue weighted by atomic mass is 32.1. The van der Waals surface area contributed by atoms with Crippen LogP contribution >= 0.6 is 11.3 Å². The van der Waals surface area contributed by atoms with E-state index in [2.05, 4.69) is 68.7 Å². The molecule has 2 heteroatoms. The van der Waals surface area contributed by atoms with Gasteiger partial charge in [-0.05, 0) is 55.3 Å². The van der Waals surface area contributed by atoms with Crippen LogP contribution in [0.2, 0.25) is 0 Å². The summed E-state index contributed by atoms with van der Waals surface area (Å²) in [7, 11) is 0. The number of benzene rings is 1. The summed E-state index contributed by atoms with van der Waals surface area (Å²) in [6.07, 6.45) is 1.12. The average Bonchev–Trinajstić information content (AvgIpc) is 2.92. The highest BCUT2D eigenvalue weighted by Crippen LogP contribution is 2.26. The summed E-state index contributed by atoms with van der Waals surface area (Å²) in [6, 6.07) is 11.9. The average molecular weight is 273 g/mol. The number of aryl methyl sites for hydroxylation is 2. The Morgan fingerprint density at radius 3 is 2.53 bits per heavy atom. The molecule has 2 atom stereocenters. The van der Waals surface area contributed by atoms with E-state index >= 15 is 0 Å². The predicted octanol–water partition coefficient (Wildman–Crippen LogP) is 5.17. The van der Waals surface area contributed by atoms with Crippen LogP contribution in [0.1, 0.15) is 53.9 Å². The van der Waals surface area contributed by atoms with Crippen LogP contribution in [0.4, 0.5) is 0 Å². The third-order valence-electron chi connectivity index (χ3n) is 3.78. The Kier molecular flexibility index (Phi) is 4.78. The summed E-state index contributed by atoms with van der Waals surface area (Å²) in [5.74, 6) is 0. The Balaban J connectivity index is 2.11. The summed E-state index contributed by atoms with van der Waals surface area (Å²) in [5, 5.41) is 5.90. The maximum atomic E-state index is 3.74. The van der Waals surface area contributed by atoms with Gasteiger partial charge in [-0.15, -0.1) is 11.3 Å². The van der Waals surface area contributed by atoms with E-state index in [-0.39, 0.29) is 0 Å². The van der Waals surface area contributed by atoms with Gasteiger partial charge in [0.15, 0.2) is 0 Å². The molecule has 1 aromatic carbocycles. The lowest BCUT2D eigenvalue weighted by atomic mass is 10.0. The molecule has 0 aliphatic rings. The number of rotatable bonds is 5. The van der Waals surface area contributed by atoms with Gasteiger partial charge in [0, 0.05) is 17.0 Å². The Morgan fingerprint density at radius 2 is 1.95 bits per heavy atom. The van der Waals surface area contributed by atoms with Crippen molar-refractivity contribution in [2.24, 2.45) is 0 Å². The van der Waals surface area contributed by atoms with E-state index in [1.165, 1.54) is 21.6 Å². The zero-order chi connectivity index (χ0) is 13.8.